The predicted molar refractivity (Wildman–Crippen MR) is 244 cm³/mol. The summed E-state index contributed by atoms with van der Waals surface area (Å²) in [7, 11) is -0.446. The molecule has 4 nitrogen and oxygen atoms in total. The van der Waals surface area contributed by atoms with Crippen LogP contribution < -0.4 is 26.1 Å². The summed E-state index contributed by atoms with van der Waals surface area (Å²) in [6, 6.07) is 69.8. The van der Waals surface area contributed by atoms with Gasteiger partial charge in [0.2, 0.25) is 0 Å². The van der Waals surface area contributed by atoms with E-state index in [1.165, 1.54) is 41.6 Å². The Morgan fingerprint density at radius 2 is 0.644 bits per heavy atom. The molecule has 59 heavy (non-hydrogen) atoms. The topological polar surface area (TPSA) is 80.3 Å². The molecular weight excluding hydrogens is 784 g/mol. The number of carboxylic acid groups (broad SMARTS) is 2. The minimum Gasteiger partial charge on any atom is -0.550 e. The Kier molecular flexibility index (Phi) is 40.9. The van der Waals surface area contributed by atoms with Crippen LogP contribution in [0, 0.1) is 25.6 Å². The first-order valence-corrected chi connectivity index (χ1v) is 21.4. The van der Waals surface area contributed by atoms with Gasteiger partial charge in [-0.25, -0.2) is 0 Å². The maximum absolute atomic E-state index is 9.92. The van der Waals surface area contributed by atoms with Gasteiger partial charge in [-0.15, -0.1) is 0 Å². The van der Waals surface area contributed by atoms with Crippen molar-refractivity contribution in [1.82, 2.24) is 0 Å². The van der Waals surface area contributed by atoms with Crippen LogP contribution in [0.3, 0.4) is 0 Å². The summed E-state index contributed by atoms with van der Waals surface area (Å²) in [4.78, 5) is 19.8. The minimum atomic E-state index is -0.920. The quantitative estimate of drug-likeness (QED) is 0.0586. The van der Waals surface area contributed by atoms with E-state index in [-0.39, 0.29) is 37.6 Å². The van der Waals surface area contributed by atoms with Gasteiger partial charge in [-0.1, -0.05) is 156 Å². The van der Waals surface area contributed by atoms with Gasteiger partial charge in [0.05, 0.1) is 0 Å². The average molecular weight is 847 g/mol. The van der Waals surface area contributed by atoms with Crippen molar-refractivity contribution < 1.29 is 37.2 Å². The Labute approximate surface area is 369 Å². The van der Waals surface area contributed by atoms with E-state index in [0.29, 0.717) is 0 Å². The van der Waals surface area contributed by atoms with Gasteiger partial charge in [0, 0.05) is 11.9 Å². The van der Waals surface area contributed by atoms with Crippen molar-refractivity contribution in [2.24, 2.45) is 0 Å². The minimum absolute atomic E-state index is 0. The van der Waals surface area contributed by atoms with E-state index in [9.17, 15) is 19.8 Å². The van der Waals surface area contributed by atoms with E-state index in [2.05, 4.69) is 123 Å². The maximum Gasteiger partial charge on any atom is 6.00 e. The van der Waals surface area contributed by atoms with Crippen LogP contribution in [0.2, 0.25) is 0 Å². The van der Waals surface area contributed by atoms with Crippen LogP contribution in [0.4, 0.5) is 0 Å². The van der Waals surface area contributed by atoms with E-state index >= 15 is 0 Å². The molecule has 0 aliphatic carbocycles. The van der Waals surface area contributed by atoms with E-state index in [1.54, 1.807) is 0 Å². The van der Waals surface area contributed by atoms with Gasteiger partial charge >= 0.3 is 17.4 Å². The number of aliphatic carboxylic acids is 2. The monoisotopic (exact) mass is 846 g/mol. The Hall–Kier alpha value is -4.78. The van der Waals surface area contributed by atoms with Gasteiger partial charge in [0.15, 0.2) is 0 Å². The second kappa shape index (κ2) is 42.8. The zero-order chi connectivity index (χ0) is 41.3. The molecule has 0 unspecified atom stereocenters. The first kappa shape index (κ1) is 56.3. The number of carboxylic acids is 2. The molecule has 0 spiro atoms. The van der Waals surface area contributed by atoms with Crippen LogP contribution in [0.5, 0.6) is 0 Å². The molecule has 0 heterocycles. The first-order chi connectivity index (χ1) is 28.0. The molecule has 0 aliphatic heterocycles. The zero-order valence-corrected chi connectivity index (χ0v) is 37.5. The molecule has 0 aliphatic rings. The predicted octanol–water partition coefficient (Wildman–Crippen LogP) is 10.5. The number of benzene rings is 6. The SMILES string of the molecule is CCCCCCCC(=O)[O-].CCCCCCCC(=O)[O-].[CH3-].[Cr+6].[c-]1ccccc1.[c-]1ccccc1.[c-]1ccccc1.c1ccc(P(c2ccccc2)c2ccccc2)cc1. The zero-order valence-electron chi connectivity index (χ0n) is 35.3. The number of carbonyl (C=O) groups excluding carboxylic acids is 2. The van der Waals surface area contributed by atoms with Crippen LogP contribution in [0.15, 0.2) is 182 Å². The van der Waals surface area contributed by atoms with Crippen LogP contribution in [0.1, 0.15) is 90.9 Å². The number of hydrogen-bond acceptors (Lipinski definition) is 4. The van der Waals surface area contributed by atoms with E-state index in [0.717, 1.165) is 38.5 Å². The molecular formula is C53H63CrO4P. The fourth-order valence-electron chi connectivity index (χ4n) is 4.95. The Balaban J connectivity index is 0. The summed E-state index contributed by atoms with van der Waals surface area (Å²) in [5.74, 6) is -1.84. The third-order valence-corrected chi connectivity index (χ3v) is 10.3. The van der Waals surface area contributed by atoms with Gasteiger partial charge in [-0.2, -0.15) is 109 Å². The van der Waals surface area contributed by atoms with Crippen molar-refractivity contribution in [1.29, 1.82) is 0 Å². The van der Waals surface area contributed by atoms with Crippen LogP contribution in [-0.4, -0.2) is 11.9 Å². The Morgan fingerprint density at radius 1 is 0.407 bits per heavy atom. The molecule has 6 heteroatoms. The van der Waals surface area contributed by atoms with Gasteiger partial charge < -0.3 is 27.2 Å². The molecule has 0 fully saturated rings. The third kappa shape index (κ3) is 34.9. The molecule has 0 saturated carbocycles. The van der Waals surface area contributed by atoms with Gasteiger partial charge in [-0.3, -0.25) is 0 Å². The van der Waals surface area contributed by atoms with Gasteiger partial charge in [0.1, 0.15) is 0 Å². The molecule has 6 rings (SSSR count). The molecule has 0 saturated heterocycles. The molecule has 0 N–H and O–H groups in total. The Morgan fingerprint density at radius 3 is 0.831 bits per heavy atom. The van der Waals surface area contributed by atoms with Crippen molar-refractivity contribution >= 4 is 35.8 Å². The van der Waals surface area contributed by atoms with E-state index in [4.69, 9.17) is 0 Å². The number of hydrogen-bond donors (Lipinski definition) is 0. The summed E-state index contributed by atoms with van der Waals surface area (Å²) in [6.07, 6.45) is 11.2. The van der Waals surface area contributed by atoms with Crippen molar-refractivity contribution in [3.63, 3.8) is 0 Å². The van der Waals surface area contributed by atoms with E-state index in [1.807, 2.05) is 91.0 Å². The largest absolute Gasteiger partial charge is 6.00 e. The normalized spacial score (nSPS) is 9.14. The maximum atomic E-state index is 9.92. The molecule has 0 aromatic heterocycles. The summed E-state index contributed by atoms with van der Waals surface area (Å²) >= 11 is 0. The fourth-order valence-corrected chi connectivity index (χ4v) is 7.26. The van der Waals surface area contributed by atoms with Gasteiger partial charge in [-0.05, 0) is 49.5 Å². The van der Waals surface area contributed by atoms with Crippen molar-refractivity contribution in [3.05, 3.63) is 208 Å². The molecule has 310 valence electrons. The summed E-state index contributed by atoms with van der Waals surface area (Å²) in [5.41, 5.74) is 0. The average Bonchev–Trinajstić information content (AvgIpc) is 3.28. The first-order valence-electron chi connectivity index (χ1n) is 20.1. The molecule has 0 radical (unpaired) electrons. The second-order valence-corrected chi connectivity index (χ2v) is 14.9. The molecule has 6 aromatic rings. The van der Waals surface area contributed by atoms with Crippen molar-refractivity contribution in [2.45, 2.75) is 90.9 Å². The van der Waals surface area contributed by atoms with Crippen LogP contribution >= 0.6 is 7.92 Å². The van der Waals surface area contributed by atoms with E-state index < -0.39 is 19.9 Å². The van der Waals surface area contributed by atoms with Crippen LogP contribution in [0.25, 0.3) is 0 Å². The fraction of sp³-hybridized carbons (Fsp3) is 0.264. The molecule has 0 atom stereocenters. The number of carbonyl (C=O) groups is 2. The molecule has 0 amide bonds. The van der Waals surface area contributed by atoms with Crippen LogP contribution in [-0.2, 0) is 27.0 Å². The summed E-state index contributed by atoms with van der Waals surface area (Å²) < 4.78 is 0. The second-order valence-electron chi connectivity index (χ2n) is 12.6. The third-order valence-electron chi connectivity index (χ3n) is 7.83. The van der Waals surface area contributed by atoms with Gasteiger partial charge in [0.25, 0.3) is 0 Å². The summed E-state index contributed by atoms with van der Waals surface area (Å²) in [6.45, 7) is 4.28. The number of unbranched alkanes of at least 4 members (excludes halogenated alkanes) is 8. The standard InChI is InChI=1S/C18H15P.2C8H16O2.3C6H5.CH3.Cr/c1-4-10-16(11-5-1)19(17-12-6-2-7-13-17)18-14-8-3-9-15-18;2*1-2-3-4-5-6-7-8(9)10;3*1-2-4-6-5-3-1;;/h1-15H;2*2-7H2,1H3,(H,9,10);3*1-5H;1H3;/q;;;4*-1;+6/p-2. The Bertz CT molecular complexity index is 1420. The van der Waals surface area contributed by atoms with Crippen molar-refractivity contribution in [3.8, 4) is 0 Å². The summed E-state index contributed by atoms with van der Waals surface area (Å²) in [5, 5.41) is 24.0. The smallest absolute Gasteiger partial charge is 0.550 e. The van der Waals surface area contributed by atoms with Crippen molar-refractivity contribution in [2.75, 3.05) is 0 Å². The number of rotatable bonds is 15. The molecule has 0 bridgehead atoms. The molecule has 6 aromatic carbocycles.